The minimum absolute atomic E-state index is 0.176. The zero-order valence-corrected chi connectivity index (χ0v) is 11.0. The van der Waals surface area contributed by atoms with Crippen molar-refractivity contribution in [1.29, 1.82) is 0 Å². The molecule has 0 aliphatic rings. The standard InChI is InChI=1S/C16H16O3/c1-12(2)16(17)19-15-11-7-6-10-14(15)18-13-8-4-3-5-9-13/h3-12H,1-2H3. The van der Waals surface area contributed by atoms with E-state index < -0.39 is 0 Å². The van der Waals surface area contributed by atoms with Gasteiger partial charge in [-0.15, -0.1) is 0 Å². The van der Waals surface area contributed by atoms with Gasteiger partial charge in [-0.05, 0) is 24.3 Å². The lowest BCUT2D eigenvalue weighted by Gasteiger charge is -2.12. The monoisotopic (exact) mass is 256 g/mol. The maximum absolute atomic E-state index is 11.6. The summed E-state index contributed by atoms with van der Waals surface area (Å²) >= 11 is 0. The molecule has 2 aromatic rings. The average molecular weight is 256 g/mol. The van der Waals surface area contributed by atoms with Gasteiger partial charge in [-0.25, -0.2) is 0 Å². The summed E-state index contributed by atoms with van der Waals surface area (Å²) in [5.74, 6) is 1.22. The second-order valence-corrected chi connectivity index (χ2v) is 4.44. The largest absolute Gasteiger partial charge is 0.453 e. The molecule has 3 nitrogen and oxygen atoms in total. The van der Waals surface area contributed by atoms with E-state index in [0.717, 1.165) is 0 Å². The topological polar surface area (TPSA) is 35.5 Å². The predicted molar refractivity (Wildman–Crippen MR) is 73.4 cm³/mol. The van der Waals surface area contributed by atoms with Crippen LogP contribution in [-0.2, 0) is 4.79 Å². The molecule has 0 radical (unpaired) electrons. The minimum atomic E-state index is -0.274. The molecule has 0 heterocycles. The molecule has 0 aliphatic carbocycles. The van der Waals surface area contributed by atoms with Crippen LogP contribution in [0.15, 0.2) is 54.6 Å². The molecule has 0 aromatic heterocycles. The number of hydrogen-bond donors (Lipinski definition) is 0. The Hall–Kier alpha value is -2.29. The summed E-state index contributed by atoms with van der Waals surface area (Å²) in [4.78, 5) is 11.6. The number of esters is 1. The molecule has 0 amide bonds. The first-order valence-corrected chi connectivity index (χ1v) is 6.20. The van der Waals surface area contributed by atoms with Crippen LogP contribution in [0.1, 0.15) is 13.8 Å². The number of hydrogen-bond acceptors (Lipinski definition) is 3. The number of benzene rings is 2. The van der Waals surface area contributed by atoms with Crippen molar-refractivity contribution in [3.8, 4) is 17.2 Å². The van der Waals surface area contributed by atoms with Crippen LogP contribution < -0.4 is 9.47 Å². The van der Waals surface area contributed by atoms with Gasteiger partial charge in [0.15, 0.2) is 11.5 Å². The van der Waals surface area contributed by atoms with Crippen LogP contribution in [0.4, 0.5) is 0 Å². The summed E-state index contributed by atoms with van der Waals surface area (Å²) in [5, 5.41) is 0. The molecule has 0 saturated carbocycles. The lowest BCUT2D eigenvalue weighted by Crippen LogP contribution is -2.15. The van der Waals surface area contributed by atoms with Gasteiger partial charge >= 0.3 is 5.97 Å². The zero-order valence-electron chi connectivity index (χ0n) is 11.0. The molecule has 0 atom stereocenters. The molecule has 19 heavy (non-hydrogen) atoms. The van der Waals surface area contributed by atoms with E-state index in [0.29, 0.717) is 17.2 Å². The first kappa shape index (κ1) is 13.1. The van der Waals surface area contributed by atoms with Crippen LogP contribution in [0.5, 0.6) is 17.2 Å². The Balaban J connectivity index is 2.19. The van der Waals surface area contributed by atoms with Crippen molar-refractivity contribution in [2.75, 3.05) is 0 Å². The van der Waals surface area contributed by atoms with Gasteiger partial charge in [0.25, 0.3) is 0 Å². The van der Waals surface area contributed by atoms with Crippen molar-refractivity contribution >= 4 is 5.97 Å². The summed E-state index contributed by atoms with van der Waals surface area (Å²) < 4.78 is 11.0. The Morgan fingerprint density at radius 1 is 0.895 bits per heavy atom. The number of ether oxygens (including phenoxy) is 2. The van der Waals surface area contributed by atoms with E-state index >= 15 is 0 Å². The van der Waals surface area contributed by atoms with Gasteiger partial charge in [0.1, 0.15) is 5.75 Å². The van der Waals surface area contributed by atoms with E-state index in [1.165, 1.54) is 0 Å². The summed E-state index contributed by atoms with van der Waals surface area (Å²) in [6.07, 6.45) is 0. The third-order valence-electron chi connectivity index (χ3n) is 2.50. The van der Waals surface area contributed by atoms with Crippen LogP contribution in [0, 0.1) is 5.92 Å². The minimum Gasteiger partial charge on any atom is -0.453 e. The molecule has 0 spiro atoms. The van der Waals surface area contributed by atoms with Gasteiger partial charge < -0.3 is 9.47 Å². The van der Waals surface area contributed by atoms with E-state index in [2.05, 4.69) is 0 Å². The molecule has 2 aromatic carbocycles. The molecule has 98 valence electrons. The Bertz CT molecular complexity index is 547. The summed E-state index contributed by atoms with van der Waals surface area (Å²) in [6, 6.07) is 16.5. The highest BCUT2D eigenvalue weighted by Crippen LogP contribution is 2.31. The third kappa shape index (κ3) is 3.58. The van der Waals surface area contributed by atoms with Crippen molar-refractivity contribution in [2.45, 2.75) is 13.8 Å². The lowest BCUT2D eigenvalue weighted by atomic mass is 10.2. The Morgan fingerprint density at radius 3 is 2.11 bits per heavy atom. The SMILES string of the molecule is CC(C)C(=O)Oc1ccccc1Oc1ccccc1. The van der Waals surface area contributed by atoms with Crippen LogP contribution in [-0.4, -0.2) is 5.97 Å². The van der Waals surface area contributed by atoms with Crippen LogP contribution >= 0.6 is 0 Å². The summed E-state index contributed by atoms with van der Waals surface area (Å²) in [7, 11) is 0. The normalized spacial score (nSPS) is 10.3. The molecule has 0 unspecified atom stereocenters. The highest BCUT2D eigenvalue weighted by atomic mass is 16.6. The molecule has 0 fully saturated rings. The van der Waals surface area contributed by atoms with Gasteiger partial charge in [0.2, 0.25) is 0 Å². The van der Waals surface area contributed by atoms with Gasteiger partial charge in [0.05, 0.1) is 5.92 Å². The highest BCUT2D eigenvalue weighted by Gasteiger charge is 2.13. The Morgan fingerprint density at radius 2 is 1.47 bits per heavy atom. The zero-order chi connectivity index (χ0) is 13.7. The molecule has 0 aliphatic heterocycles. The molecular weight excluding hydrogens is 240 g/mol. The van der Waals surface area contributed by atoms with Crippen LogP contribution in [0.3, 0.4) is 0 Å². The Kier molecular flexibility index (Phi) is 4.18. The molecular formula is C16H16O3. The van der Waals surface area contributed by atoms with E-state index in [9.17, 15) is 4.79 Å². The van der Waals surface area contributed by atoms with E-state index in [-0.39, 0.29) is 11.9 Å². The van der Waals surface area contributed by atoms with Gasteiger partial charge in [-0.2, -0.15) is 0 Å². The van der Waals surface area contributed by atoms with Crippen molar-refractivity contribution in [3.63, 3.8) is 0 Å². The molecule has 0 saturated heterocycles. The average Bonchev–Trinajstić information content (AvgIpc) is 2.42. The fourth-order valence-electron chi connectivity index (χ4n) is 1.46. The van der Waals surface area contributed by atoms with Crippen LogP contribution in [0.25, 0.3) is 0 Å². The maximum atomic E-state index is 11.6. The highest BCUT2D eigenvalue weighted by molar-refractivity contribution is 5.75. The smallest absolute Gasteiger partial charge is 0.313 e. The second kappa shape index (κ2) is 6.05. The van der Waals surface area contributed by atoms with Gasteiger partial charge in [0, 0.05) is 0 Å². The van der Waals surface area contributed by atoms with E-state index in [1.807, 2.05) is 36.4 Å². The quantitative estimate of drug-likeness (QED) is 0.611. The fourth-order valence-corrected chi connectivity index (χ4v) is 1.46. The van der Waals surface area contributed by atoms with Crippen molar-refractivity contribution in [2.24, 2.45) is 5.92 Å². The fraction of sp³-hybridized carbons (Fsp3) is 0.188. The molecule has 0 N–H and O–H groups in total. The van der Waals surface area contributed by atoms with E-state index in [4.69, 9.17) is 9.47 Å². The van der Waals surface area contributed by atoms with E-state index in [1.54, 1.807) is 32.0 Å². The van der Waals surface area contributed by atoms with Gasteiger partial charge in [-0.1, -0.05) is 44.2 Å². The number of carbonyl (C=O) groups is 1. The predicted octanol–water partition coefficient (Wildman–Crippen LogP) is 4.04. The lowest BCUT2D eigenvalue weighted by molar-refractivity contribution is -0.137. The summed E-state index contributed by atoms with van der Waals surface area (Å²) in [6.45, 7) is 3.59. The first-order chi connectivity index (χ1) is 9.16. The first-order valence-electron chi connectivity index (χ1n) is 6.20. The second-order valence-electron chi connectivity index (χ2n) is 4.44. The Labute approximate surface area is 112 Å². The molecule has 0 bridgehead atoms. The van der Waals surface area contributed by atoms with Crippen LogP contribution in [0.2, 0.25) is 0 Å². The van der Waals surface area contributed by atoms with Crippen molar-refractivity contribution in [1.82, 2.24) is 0 Å². The van der Waals surface area contributed by atoms with Crippen molar-refractivity contribution < 1.29 is 14.3 Å². The van der Waals surface area contributed by atoms with Gasteiger partial charge in [-0.3, -0.25) is 4.79 Å². The number of para-hydroxylation sites is 3. The molecule has 2 rings (SSSR count). The number of carbonyl (C=O) groups excluding carboxylic acids is 1. The number of rotatable bonds is 4. The van der Waals surface area contributed by atoms with Crippen molar-refractivity contribution in [3.05, 3.63) is 54.6 Å². The maximum Gasteiger partial charge on any atom is 0.313 e. The molecule has 3 heteroatoms. The third-order valence-corrected chi connectivity index (χ3v) is 2.50. The summed E-state index contributed by atoms with van der Waals surface area (Å²) in [5.41, 5.74) is 0.